The maximum Gasteiger partial charge on any atom is 0.194 e. The molecular weight excluding hydrogens is 505 g/mol. The molecule has 1 N–H and O–H groups in total. The SMILES string of the molecule is CN=C(NCc1nnc(C)n1C)N(C)Cc1cc(C)n(-c2ccc(OC)cc2)c1C.I. The molecule has 0 aliphatic rings. The highest BCUT2D eigenvalue weighted by Gasteiger charge is 2.15. The zero-order chi connectivity index (χ0) is 21.8. The number of aromatic nitrogens is 4. The topological polar surface area (TPSA) is 72.5 Å². The van der Waals surface area contributed by atoms with E-state index in [1.807, 2.05) is 37.7 Å². The number of benzene rings is 1. The lowest BCUT2D eigenvalue weighted by atomic mass is 10.2. The molecule has 0 spiro atoms. The van der Waals surface area contributed by atoms with Crippen LogP contribution in [0.5, 0.6) is 5.75 Å². The highest BCUT2D eigenvalue weighted by molar-refractivity contribution is 14.0. The number of rotatable bonds is 6. The molecule has 0 saturated carbocycles. The lowest BCUT2D eigenvalue weighted by Gasteiger charge is -2.22. The van der Waals surface area contributed by atoms with Crippen LogP contribution in [0.1, 0.15) is 28.6 Å². The number of guanidine groups is 1. The third kappa shape index (κ3) is 5.38. The van der Waals surface area contributed by atoms with Gasteiger partial charge in [0, 0.05) is 44.8 Å². The summed E-state index contributed by atoms with van der Waals surface area (Å²) >= 11 is 0. The van der Waals surface area contributed by atoms with Crippen LogP contribution in [0.4, 0.5) is 0 Å². The van der Waals surface area contributed by atoms with E-state index in [0.29, 0.717) is 6.54 Å². The van der Waals surface area contributed by atoms with Gasteiger partial charge in [0.1, 0.15) is 11.6 Å². The Morgan fingerprint density at radius 1 is 1.16 bits per heavy atom. The fourth-order valence-electron chi connectivity index (χ4n) is 3.60. The zero-order valence-corrected chi connectivity index (χ0v) is 21.6. The molecule has 2 heterocycles. The van der Waals surface area contributed by atoms with Crippen molar-refractivity contribution in [2.45, 2.75) is 33.9 Å². The molecule has 9 heteroatoms. The van der Waals surface area contributed by atoms with Crippen molar-refractivity contribution in [2.75, 3.05) is 21.2 Å². The van der Waals surface area contributed by atoms with Crippen molar-refractivity contribution < 1.29 is 4.74 Å². The van der Waals surface area contributed by atoms with Gasteiger partial charge < -0.3 is 24.1 Å². The Kier molecular flexibility index (Phi) is 8.49. The number of aryl methyl sites for hydroxylation is 2. The lowest BCUT2D eigenvalue weighted by molar-refractivity contribution is 0.414. The minimum atomic E-state index is 0. The van der Waals surface area contributed by atoms with Crippen molar-refractivity contribution in [2.24, 2.45) is 12.0 Å². The van der Waals surface area contributed by atoms with Gasteiger partial charge in [-0.05, 0) is 56.7 Å². The summed E-state index contributed by atoms with van der Waals surface area (Å²) in [6.07, 6.45) is 0. The predicted molar refractivity (Wildman–Crippen MR) is 135 cm³/mol. The molecule has 0 aliphatic carbocycles. The van der Waals surface area contributed by atoms with E-state index in [1.54, 1.807) is 14.2 Å². The highest BCUT2D eigenvalue weighted by Crippen LogP contribution is 2.23. The summed E-state index contributed by atoms with van der Waals surface area (Å²) in [4.78, 5) is 6.54. The van der Waals surface area contributed by atoms with Gasteiger partial charge in [-0.3, -0.25) is 4.99 Å². The Morgan fingerprint density at radius 2 is 1.84 bits per heavy atom. The molecule has 3 aromatic rings. The van der Waals surface area contributed by atoms with Gasteiger partial charge in [-0.1, -0.05) is 0 Å². The zero-order valence-electron chi connectivity index (χ0n) is 19.3. The third-order valence-electron chi connectivity index (χ3n) is 5.43. The first-order chi connectivity index (χ1) is 14.3. The lowest BCUT2D eigenvalue weighted by Crippen LogP contribution is -2.38. The van der Waals surface area contributed by atoms with Crippen molar-refractivity contribution in [3.8, 4) is 11.4 Å². The number of ether oxygens (including phenoxy) is 1. The second kappa shape index (κ2) is 10.7. The Balaban J connectivity index is 0.00000341. The average Bonchev–Trinajstić information content (AvgIpc) is 3.20. The second-order valence-corrected chi connectivity index (χ2v) is 7.41. The van der Waals surface area contributed by atoms with E-state index >= 15 is 0 Å². The van der Waals surface area contributed by atoms with Crippen LogP contribution in [0.3, 0.4) is 0 Å². The summed E-state index contributed by atoms with van der Waals surface area (Å²) in [7, 11) is 7.48. The smallest absolute Gasteiger partial charge is 0.194 e. The Labute approximate surface area is 201 Å². The molecule has 168 valence electrons. The van der Waals surface area contributed by atoms with Gasteiger partial charge in [0.15, 0.2) is 11.8 Å². The molecule has 31 heavy (non-hydrogen) atoms. The van der Waals surface area contributed by atoms with E-state index in [-0.39, 0.29) is 24.0 Å². The fraction of sp³-hybridized carbons (Fsp3) is 0.409. The number of methoxy groups -OCH3 is 1. The number of halogens is 1. The molecule has 0 radical (unpaired) electrons. The highest BCUT2D eigenvalue weighted by atomic mass is 127. The van der Waals surface area contributed by atoms with Gasteiger partial charge in [0.25, 0.3) is 0 Å². The summed E-state index contributed by atoms with van der Waals surface area (Å²) in [5, 5.41) is 11.7. The van der Waals surface area contributed by atoms with Crippen LogP contribution in [0.2, 0.25) is 0 Å². The number of nitrogens with zero attached hydrogens (tertiary/aromatic N) is 6. The first-order valence-corrected chi connectivity index (χ1v) is 9.94. The molecule has 0 aliphatic heterocycles. The minimum absolute atomic E-state index is 0. The quantitative estimate of drug-likeness (QED) is 0.297. The van der Waals surface area contributed by atoms with Crippen LogP contribution in [0.15, 0.2) is 35.3 Å². The van der Waals surface area contributed by atoms with Crippen LogP contribution in [-0.4, -0.2) is 51.4 Å². The van der Waals surface area contributed by atoms with Crippen molar-refractivity contribution in [1.82, 2.24) is 29.5 Å². The number of aliphatic imine (C=N–C) groups is 1. The molecule has 1 aromatic carbocycles. The molecule has 0 unspecified atom stereocenters. The molecule has 0 amide bonds. The first kappa shape index (κ1) is 24.7. The van der Waals surface area contributed by atoms with E-state index in [2.05, 4.69) is 62.0 Å². The van der Waals surface area contributed by atoms with Crippen molar-refractivity contribution in [3.63, 3.8) is 0 Å². The Bertz CT molecular complexity index is 1040. The summed E-state index contributed by atoms with van der Waals surface area (Å²) in [5.41, 5.74) is 4.78. The number of hydrogen-bond acceptors (Lipinski definition) is 4. The standard InChI is InChI=1S/C22H31N7O.HI/c1-15-12-18(16(2)29(15)19-8-10-20(30-7)11-9-19)14-27(5)22(23-4)24-13-21-26-25-17(3)28(21)6;/h8-12H,13-14H2,1-7H3,(H,23,24);1H. The first-order valence-electron chi connectivity index (χ1n) is 9.94. The number of hydrogen-bond donors (Lipinski definition) is 1. The van der Waals surface area contributed by atoms with Gasteiger partial charge in [-0.25, -0.2) is 0 Å². The van der Waals surface area contributed by atoms with Gasteiger partial charge in [-0.15, -0.1) is 34.2 Å². The van der Waals surface area contributed by atoms with E-state index in [4.69, 9.17) is 4.74 Å². The van der Waals surface area contributed by atoms with Crippen molar-refractivity contribution in [3.05, 3.63) is 58.9 Å². The Morgan fingerprint density at radius 3 is 2.39 bits per heavy atom. The van der Waals surface area contributed by atoms with Crippen LogP contribution >= 0.6 is 24.0 Å². The monoisotopic (exact) mass is 537 g/mol. The van der Waals surface area contributed by atoms with E-state index in [0.717, 1.165) is 35.6 Å². The van der Waals surface area contributed by atoms with Crippen LogP contribution in [-0.2, 0) is 20.1 Å². The summed E-state index contributed by atoms with van der Waals surface area (Å²) < 4.78 is 9.52. The number of nitrogens with one attached hydrogen (secondary N) is 1. The van der Waals surface area contributed by atoms with Crippen molar-refractivity contribution in [1.29, 1.82) is 0 Å². The van der Waals surface area contributed by atoms with Gasteiger partial charge in [0.2, 0.25) is 0 Å². The maximum absolute atomic E-state index is 5.28. The van der Waals surface area contributed by atoms with Gasteiger partial charge in [-0.2, -0.15) is 0 Å². The van der Waals surface area contributed by atoms with E-state index in [1.165, 1.54) is 17.0 Å². The van der Waals surface area contributed by atoms with Crippen LogP contribution in [0.25, 0.3) is 5.69 Å². The van der Waals surface area contributed by atoms with Crippen LogP contribution in [0, 0.1) is 20.8 Å². The van der Waals surface area contributed by atoms with Crippen LogP contribution < -0.4 is 10.1 Å². The van der Waals surface area contributed by atoms with E-state index < -0.39 is 0 Å². The normalized spacial score (nSPS) is 11.3. The third-order valence-corrected chi connectivity index (χ3v) is 5.43. The fourth-order valence-corrected chi connectivity index (χ4v) is 3.60. The summed E-state index contributed by atoms with van der Waals surface area (Å²) in [6, 6.07) is 10.4. The second-order valence-electron chi connectivity index (χ2n) is 7.41. The van der Waals surface area contributed by atoms with Gasteiger partial charge >= 0.3 is 0 Å². The minimum Gasteiger partial charge on any atom is -0.497 e. The van der Waals surface area contributed by atoms with Gasteiger partial charge in [0.05, 0.1) is 13.7 Å². The molecule has 8 nitrogen and oxygen atoms in total. The van der Waals surface area contributed by atoms with E-state index in [9.17, 15) is 0 Å². The maximum atomic E-state index is 5.28. The molecule has 0 bridgehead atoms. The average molecular weight is 537 g/mol. The molecule has 0 atom stereocenters. The molecule has 0 fully saturated rings. The van der Waals surface area contributed by atoms with Crippen molar-refractivity contribution >= 4 is 29.9 Å². The predicted octanol–water partition coefficient (Wildman–Crippen LogP) is 3.37. The summed E-state index contributed by atoms with van der Waals surface area (Å²) in [5.74, 6) is 3.43. The molecule has 3 rings (SSSR count). The Hall–Kier alpha value is -2.56. The molecule has 2 aromatic heterocycles. The summed E-state index contributed by atoms with van der Waals surface area (Å²) in [6.45, 7) is 7.53. The molecule has 0 saturated heterocycles. The molecular formula is C22H32IN7O. The largest absolute Gasteiger partial charge is 0.497 e.